The summed E-state index contributed by atoms with van der Waals surface area (Å²) in [6, 6.07) is 13.1. The van der Waals surface area contributed by atoms with Gasteiger partial charge in [-0.1, -0.05) is 36.3 Å². The molecule has 0 fully saturated rings. The summed E-state index contributed by atoms with van der Waals surface area (Å²) in [6.07, 6.45) is 3.99. The van der Waals surface area contributed by atoms with Crippen LogP contribution in [0.1, 0.15) is 17.2 Å². The minimum Gasteiger partial charge on any atom is -0.397 e. The Morgan fingerprint density at radius 3 is 2.62 bits per heavy atom. The van der Waals surface area contributed by atoms with E-state index in [2.05, 4.69) is 10.9 Å². The number of halogens is 3. The van der Waals surface area contributed by atoms with Crippen LogP contribution in [0.15, 0.2) is 65.3 Å². The molecule has 0 spiro atoms. The second kappa shape index (κ2) is 9.44. The number of alkyl halides is 2. The van der Waals surface area contributed by atoms with Gasteiger partial charge in [-0.25, -0.2) is 13.2 Å². The molecule has 0 amide bonds. The van der Waals surface area contributed by atoms with E-state index in [-0.39, 0.29) is 6.61 Å². The molecule has 0 saturated carbocycles. The Kier molecular flexibility index (Phi) is 7.01. The van der Waals surface area contributed by atoms with Crippen LogP contribution in [0, 0.1) is 18.2 Å². The van der Waals surface area contributed by atoms with E-state index in [9.17, 15) is 13.2 Å². The highest BCUT2D eigenvalue weighted by Gasteiger charge is 2.15. The Bertz CT molecular complexity index is 827. The predicted octanol–water partition coefficient (Wildman–Crippen LogP) is 4.53. The van der Waals surface area contributed by atoms with Crippen LogP contribution >= 0.6 is 0 Å². The number of rotatable bonds is 7. The normalized spacial score (nSPS) is 13.1. The molecule has 134 valence electrons. The summed E-state index contributed by atoms with van der Waals surface area (Å²) in [5, 5.41) is 0. The van der Waals surface area contributed by atoms with Crippen LogP contribution in [0.2, 0.25) is 0 Å². The van der Waals surface area contributed by atoms with E-state index < -0.39 is 24.0 Å². The molecule has 0 aliphatic carbocycles. The molecule has 0 saturated heterocycles. The third-order valence-electron chi connectivity index (χ3n) is 3.42. The molecular formula is C20H17F3N2O. The van der Waals surface area contributed by atoms with Crippen molar-refractivity contribution in [3.05, 3.63) is 77.2 Å². The van der Waals surface area contributed by atoms with Crippen molar-refractivity contribution in [2.75, 3.05) is 0 Å². The van der Waals surface area contributed by atoms with Gasteiger partial charge in [0.2, 0.25) is 0 Å². The Balaban J connectivity index is 2.22. The van der Waals surface area contributed by atoms with Gasteiger partial charge in [-0.05, 0) is 29.8 Å². The van der Waals surface area contributed by atoms with Crippen LogP contribution in [0.4, 0.5) is 18.9 Å². The van der Waals surface area contributed by atoms with E-state index in [1.807, 2.05) is 30.3 Å². The summed E-state index contributed by atoms with van der Waals surface area (Å²) in [4.78, 5) is 4.04. The summed E-state index contributed by atoms with van der Waals surface area (Å²) in [7, 11) is 0. The van der Waals surface area contributed by atoms with E-state index in [1.54, 1.807) is 0 Å². The number of terminal acetylenes is 1. The fourth-order valence-corrected chi connectivity index (χ4v) is 2.11. The number of hydrogen-bond donors (Lipinski definition) is 1. The molecule has 1 atom stereocenters. The number of nitrogens with zero attached hydrogens (tertiary/aromatic N) is 1. The summed E-state index contributed by atoms with van der Waals surface area (Å²) < 4.78 is 44.1. The fraction of sp³-hybridized carbons (Fsp3) is 0.150. The van der Waals surface area contributed by atoms with Crippen molar-refractivity contribution < 1.29 is 17.9 Å². The van der Waals surface area contributed by atoms with Gasteiger partial charge in [-0.3, -0.25) is 4.99 Å². The topological polar surface area (TPSA) is 47.6 Å². The van der Waals surface area contributed by atoms with Crippen LogP contribution in [-0.2, 0) is 11.3 Å². The lowest BCUT2D eigenvalue weighted by atomic mass is 10.1. The monoisotopic (exact) mass is 358 g/mol. The number of hydrogen-bond acceptors (Lipinski definition) is 3. The van der Waals surface area contributed by atoms with Gasteiger partial charge >= 0.3 is 0 Å². The van der Waals surface area contributed by atoms with Crippen LogP contribution in [0.25, 0.3) is 0 Å². The summed E-state index contributed by atoms with van der Waals surface area (Å²) in [5.74, 6) is 1.94. The van der Waals surface area contributed by atoms with Gasteiger partial charge in [0.15, 0.2) is 0 Å². The van der Waals surface area contributed by atoms with E-state index in [0.29, 0.717) is 11.3 Å². The van der Waals surface area contributed by atoms with Gasteiger partial charge < -0.3 is 10.5 Å². The molecule has 0 bridgehead atoms. The van der Waals surface area contributed by atoms with Gasteiger partial charge in [0, 0.05) is 11.8 Å². The Hall–Kier alpha value is -3.04. The third kappa shape index (κ3) is 5.50. The Morgan fingerprint density at radius 2 is 1.96 bits per heavy atom. The number of aliphatic imine (C=N–C) groups is 1. The molecule has 2 N–H and O–H groups in total. The van der Waals surface area contributed by atoms with Crippen molar-refractivity contribution in [3.63, 3.8) is 0 Å². The lowest BCUT2D eigenvalue weighted by molar-refractivity contribution is 0.0784. The Labute approximate surface area is 150 Å². The summed E-state index contributed by atoms with van der Waals surface area (Å²) in [6.45, 7) is 0.230. The van der Waals surface area contributed by atoms with Crippen molar-refractivity contribution in [2.24, 2.45) is 10.7 Å². The maximum atomic E-state index is 13.7. The molecule has 0 aromatic heterocycles. The van der Waals surface area contributed by atoms with E-state index in [0.717, 1.165) is 17.9 Å². The fourth-order valence-electron chi connectivity index (χ4n) is 2.11. The smallest absolute Gasteiger partial charge is 0.277 e. The standard InChI is InChI=1S/C20H17F3N2O/c1-2-19(26-13-14-6-4-3-5-7-14)16-12-15(21)8-9-18(16)25-11-10-17(24)20(22)23/h1,3-12,19-20H,13,24H2/t19-/m1/s1. The maximum Gasteiger partial charge on any atom is 0.277 e. The summed E-state index contributed by atoms with van der Waals surface area (Å²) >= 11 is 0. The Morgan fingerprint density at radius 1 is 1.23 bits per heavy atom. The molecule has 2 aromatic rings. The quantitative estimate of drug-likeness (QED) is 0.584. The molecule has 2 rings (SSSR count). The average molecular weight is 358 g/mol. The first-order chi connectivity index (χ1) is 12.5. The molecule has 0 radical (unpaired) electrons. The average Bonchev–Trinajstić information content (AvgIpc) is 2.64. The molecule has 3 nitrogen and oxygen atoms in total. The third-order valence-corrected chi connectivity index (χ3v) is 3.42. The van der Waals surface area contributed by atoms with E-state index in [1.165, 1.54) is 18.2 Å². The highest BCUT2D eigenvalue weighted by atomic mass is 19.3. The maximum absolute atomic E-state index is 13.7. The van der Waals surface area contributed by atoms with Crippen LogP contribution in [0.5, 0.6) is 0 Å². The number of nitrogens with two attached hydrogens (primary N) is 1. The minimum atomic E-state index is -2.78. The summed E-state index contributed by atoms with van der Waals surface area (Å²) in [5.41, 5.74) is 6.06. The van der Waals surface area contributed by atoms with Gasteiger partial charge in [0.1, 0.15) is 11.9 Å². The molecule has 0 unspecified atom stereocenters. The zero-order valence-corrected chi connectivity index (χ0v) is 13.8. The van der Waals surface area contributed by atoms with Gasteiger partial charge in [0.25, 0.3) is 6.43 Å². The molecule has 0 aliphatic rings. The largest absolute Gasteiger partial charge is 0.397 e. The molecule has 26 heavy (non-hydrogen) atoms. The zero-order chi connectivity index (χ0) is 18.9. The number of benzene rings is 2. The number of allylic oxidation sites excluding steroid dienone is 2. The van der Waals surface area contributed by atoms with Crippen molar-refractivity contribution in [1.29, 1.82) is 0 Å². The van der Waals surface area contributed by atoms with Crippen LogP contribution in [-0.4, -0.2) is 12.6 Å². The molecular weight excluding hydrogens is 341 g/mol. The highest BCUT2D eigenvalue weighted by Crippen LogP contribution is 2.29. The SMILES string of the molecule is C#C[C@@H](OCc1ccccc1)c1cc(F)ccc1N=CC=C(N)C(F)F. The van der Waals surface area contributed by atoms with Gasteiger partial charge in [0.05, 0.1) is 18.0 Å². The van der Waals surface area contributed by atoms with Crippen LogP contribution in [0.3, 0.4) is 0 Å². The van der Waals surface area contributed by atoms with E-state index >= 15 is 0 Å². The van der Waals surface area contributed by atoms with Crippen molar-refractivity contribution >= 4 is 11.9 Å². The van der Waals surface area contributed by atoms with Crippen LogP contribution < -0.4 is 5.73 Å². The number of ether oxygens (including phenoxy) is 1. The minimum absolute atomic E-state index is 0.230. The second-order valence-electron chi connectivity index (χ2n) is 5.29. The molecule has 6 heteroatoms. The first-order valence-electron chi connectivity index (χ1n) is 7.70. The molecule has 0 aliphatic heterocycles. The van der Waals surface area contributed by atoms with Gasteiger partial charge in [-0.15, -0.1) is 6.42 Å². The molecule has 2 aromatic carbocycles. The van der Waals surface area contributed by atoms with Crippen molar-refractivity contribution in [3.8, 4) is 12.3 Å². The van der Waals surface area contributed by atoms with Gasteiger partial charge in [-0.2, -0.15) is 0 Å². The first-order valence-corrected chi connectivity index (χ1v) is 7.70. The lowest BCUT2D eigenvalue weighted by Crippen LogP contribution is -2.07. The predicted molar refractivity (Wildman–Crippen MR) is 95.6 cm³/mol. The first kappa shape index (κ1) is 19.3. The van der Waals surface area contributed by atoms with Crippen molar-refractivity contribution in [2.45, 2.75) is 19.1 Å². The lowest BCUT2D eigenvalue weighted by Gasteiger charge is -2.15. The second-order valence-corrected chi connectivity index (χ2v) is 5.29. The molecule has 0 heterocycles. The van der Waals surface area contributed by atoms with E-state index in [4.69, 9.17) is 16.9 Å². The zero-order valence-electron chi connectivity index (χ0n) is 13.8. The van der Waals surface area contributed by atoms with Crippen molar-refractivity contribution in [1.82, 2.24) is 0 Å². The highest BCUT2D eigenvalue weighted by molar-refractivity contribution is 5.76.